The van der Waals surface area contributed by atoms with Crippen molar-refractivity contribution in [2.45, 2.75) is 52.4 Å². The van der Waals surface area contributed by atoms with Crippen LogP contribution >= 0.6 is 0 Å². The standard InChI is InChI=1S/2C27H30N6O6.Y/c2*34-25(35)18-31-10-12-32(16-21-6-2-8-23(29-21)26(36)37)14-19-4-1-5-20(28-19)15-33(13-11-31)17-22-7-3-9-24(30-22)27(38)39;/h2*1-9H,10-18H2,(H,34,35)(H,36,37)(H,38,39);/q;;+3. The summed E-state index contributed by atoms with van der Waals surface area (Å²) in [4.78, 5) is 107. The monoisotopic (exact) mass is 1160 g/mol. The Hall–Kier alpha value is -7.42. The molecule has 0 unspecified atom stereocenters. The third-order valence-electron chi connectivity index (χ3n) is 12.6. The molecule has 24 nitrogen and oxygen atoms in total. The van der Waals surface area contributed by atoms with Crippen LogP contribution in [-0.2, 0) is 94.7 Å². The van der Waals surface area contributed by atoms with E-state index in [1.165, 1.54) is 24.3 Å². The van der Waals surface area contributed by atoms with E-state index in [9.17, 15) is 59.4 Å². The summed E-state index contributed by atoms with van der Waals surface area (Å²) < 4.78 is 0. The molecule has 0 spiro atoms. The van der Waals surface area contributed by atoms with Crippen molar-refractivity contribution >= 4 is 35.8 Å². The molecule has 408 valence electrons. The first-order chi connectivity index (χ1) is 37.5. The van der Waals surface area contributed by atoms with Crippen LogP contribution in [0.5, 0.6) is 0 Å². The third-order valence-corrected chi connectivity index (χ3v) is 12.6. The van der Waals surface area contributed by atoms with Crippen LogP contribution in [0.25, 0.3) is 0 Å². The zero-order valence-electron chi connectivity index (χ0n) is 43.2. The van der Waals surface area contributed by atoms with Gasteiger partial charge in [0.05, 0.1) is 58.6 Å². The van der Waals surface area contributed by atoms with Crippen molar-refractivity contribution in [1.29, 1.82) is 0 Å². The van der Waals surface area contributed by atoms with E-state index in [0.717, 1.165) is 22.8 Å². The molecule has 4 bridgehead atoms. The van der Waals surface area contributed by atoms with Crippen LogP contribution in [0.3, 0.4) is 0 Å². The number of carboxylic acids is 6. The summed E-state index contributed by atoms with van der Waals surface area (Å²) in [7, 11) is 0. The summed E-state index contributed by atoms with van der Waals surface area (Å²) in [5, 5.41) is 56.2. The van der Waals surface area contributed by atoms with Gasteiger partial charge in [0.1, 0.15) is 22.8 Å². The zero-order valence-corrected chi connectivity index (χ0v) is 46.0. The van der Waals surface area contributed by atoms with E-state index >= 15 is 0 Å². The van der Waals surface area contributed by atoms with Gasteiger partial charge < -0.3 is 30.6 Å². The molecular formula is C54H60N12O12Y+3. The van der Waals surface area contributed by atoms with E-state index in [1.807, 2.05) is 46.2 Å². The molecule has 2 aliphatic rings. The molecule has 6 aromatic rings. The molecule has 0 radical (unpaired) electrons. The van der Waals surface area contributed by atoms with Gasteiger partial charge >= 0.3 is 68.5 Å². The number of rotatable bonds is 16. The average Bonchev–Trinajstić information content (AvgIpc) is 3.40. The van der Waals surface area contributed by atoms with Gasteiger partial charge in [-0.3, -0.25) is 49.0 Å². The summed E-state index contributed by atoms with van der Waals surface area (Å²) in [6, 6.07) is 31.0. The van der Waals surface area contributed by atoms with Crippen LogP contribution in [0.15, 0.2) is 109 Å². The molecule has 0 amide bonds. The van der Waals surface area contributed by atoms with Gasteiger partial charge in [-0.05, 0) is 72.8 Å². The van der Waals surface area contributed by atoms with E-state index in [0.29, 0.717) is 127 Å². The van der Waals surface area contributed by atoms with E-state index in [-0.39, 0.29) is 68.6 Å². The molecule has 6 aromatic heterocycles. The van der Waals surface area contributed by atoms with Crippen LogP contribution in [0.2, 0.25) is 0 Å². The topological polar surface area (TPSA) is 321 Å². The number of fused-ring (bicyclic) bond motifs is 4. The maximum absolute atomic E-state index is 11.6. The zero-order chi connectivity index (χ0) is 55.6. The second-order valence-corrected chi connectivity index (χ2v) is 18.7. The minimum Gasteiger partial charge on any atom is -0.480 e. The molecule has 0 aromatic carbocycles. The Morgan fingerprint density at radius 1 is 0.316 bits per heavy atom. The molecule has 0 fully saturated rings. The van der Waals surface area contributed by atoms with Crippen molar-refractivity contribution in [1.82, 2.24) is 59.3 Å². The van der Waals surface area contributed by atoms with Gasteiger partial charge in [-0.25, -0.2) is 39.1 Å². The van der Waals surface area contributed by atoms with E-state index in [4.69, 9.17) is 9.97 Å². The first kappa shape index (κ1) is 60.8. The average molecular weight is 1160 g/mol. The smallest absolute Gasteiger partial charge is 0.480 e. The molecule has 6 N–H and O–H groups in total. The van der Waals surface area contributed by atoms with Crippen molar-refractivity contribution in [3.8, 4) is 0 Å². The quantitative estimate of drug-likeness (QED) is 0.0809. The molecule has 25 heteroatoms. The first-order valence-corrected chi connectivity index (χ1v) is 24.9. The van der Waals surface area contributed by atoms with Gasteiger partial charge in [-0.1, -0.05) is 36.4 Å². The fourth-order valence-corrected chi connectivity index (χ4v) is 8.90. The Kier molecular flexibility index (Phi) is 23.2. The van der Waals surface area contributed by atoms with Crippen LogP contribution in [0.4, 0.5) is 0 Å². The Morgan fingerprint density at radius 3 is 0.747 bits per heavy atom. The van der Waals surface area contributed by atoms with Crippen molar-refractivity contribution < 1.29 is 92.1 Å². The SMILES string of the molecule is O=C(O)CN1CCN(Cc2cccc(C(=O)O)n2)Cc2cccc(n2)CN(Cc2cccc(C(=O)O)n2)CC1.O=C(O)CN1CCN(Cc2cccc(C(=O)O)n2)Cc2cccc(n2)CN(Cc2cccc(C(=O)O)n2)CC1.[Y+3]. The third kappa shape index (κ3) is 20.1. The van der Waals surface area contributed by atoms with Crippen LogP contribution < -0.4 is 0 Å². The Balaban J connectivity index is 0.000000252. The summed E-state index contributed by atoms with van der Waals surface area (Å²) in [6.45, 7) is 7.04. The van der Waals surface area contributed by atoms with Crippen molar-refractivity contribution in [2.24, 2.45) is 0 Å². The van der Waals surface area contributed by atoms with Gasteiger partial charge in [0.2, 0.25) is 0 Å². The van der Waals surface area contributed by atoms with Gasteiger partial charge in [0, 0.05) is 105 Å². The summed E-state index contributed by atoms with van der Waals surface area (Å²) in [5.74, 6) is -6.25. The minimum absolute atomic E-state index is 0. The Labute approximate surface area is 479 Å². The van der Waals surface area contributed by atoms with Crippen molar-refractivity contribution in [3.05, 3.63) is 178 Å². The van der Waals surface area contributed by atoms with E-state index in [1.54, 1.807) is 48.5 Å². The molecule has 0 saturated carbocycles. The van der Waals surface area contributed by atoms with Gasteiger partial charge in [-0.15, -0.1) is 0 Å². The molecule has 0 aliphatic carbocycles. The fourth-order valence-electron chi connectivity index (χ4n) is 8.90. The van der Waals surface area contributed by atoms with Gasteiger partial charge in [0.15, 0.2) is 0 Å². The van der Waals surface area contributed by atoms with E-state index in [2.05, 4.69) is 39.5 Å². The van der Waals surface area contributed by atoms with Crippen molar-refractivity contribution in [2.75, 3.05) is 65.4 Å². The maximum Gasteiger partial charge on any atom is 3.00 e. The molecule has 8 heterocycles. The minimum atomic E-state index is -1.10. The number of aromatic nitrogens is 6. The molecule has 8 rings (SSSR count). The number of pyridine rings is 6. The summed E-state index contributed by atoms with van der Waals surface area (Å²) >= 11 is 0. The fraction of sp³-hybridized carbons (Fsp3) is 0.333. The van der Waals surface area contributed by atoms with Gasteiger partial charge in [-0.2, -0.15) is 0 Å². The predicted molar refractivity (Wildman–Crippen MR) is 278 cm³/mol. The molecule has 79 heavy (non-hydrogen) atoms. The Bertz CT molecular complexity index is 2700. The van der Waals surface area contributed by atoms with Gasteiger partial charge in [0.25, 0.3) is 0 Å². The van der Waals surface area contributed by atoms with Crippen molar-refractivity contribution in [3.63, 3.8) is 0 Å². The van der Waals surface area contributed by atoms with Crippen LogP contribution in [0, 0.1) is 0 Å². The number of carboxylic acid groups (broad SMARTS) is 6. The largest absolute Gasteiger partial charge is 3.00 e. The first-order valence-electron chi connectivity index (χ1n) is 24.9. The summed E-state index contributed by atoms with van der Waals surface area (Å²) in [5.41, 5.74) is 5.56. The number of hydrogen-bond acceptors (Lipinski definition) is 18. The van der Waals surface area contributed by atoms with Crippen LogP contribution in [-0.4, -0.2) is 191 Å². The summed E-state index contributed by atoms with van der Waals surface area (Å²) in [6.07, 6.45) is 0. The molecule has 2 aliphatic heterocycles. The number of hydrogen-bond donors (Lipinski definition) is 6. The molecule has 0 atom stereocenters. The predicted octanol–water partition coefficient (Wildman–Crippen LogP) is 3.34. The maximum atomic E-state index is 11.6. The number of carbonyl (C=O) groups is 6. The molecule has 0 saturated heterocycles. The number of aliphatic carboxylic acids is 2. The number of aromatic carboxylic acids is 4. The second-order valence-electron chi connectivity index (χ2n) is 18.7. The van der Waals surface area contributed by atoms with E-state index < -0.39 is 35.8 Å². The second kappa shape index (κ2) is 30.1. The molecular weight excluding hydrogens is 1100 g/mol. The Morgan fingerprint density at radius 2 is 0.532 bits per heavy atom. The van der Waals surface area contributed by atoms with Crippen LogP contribution in [0.1, 0.15) is 87.5 Å². The normalized spacial score (nSPS) is 15.5. The number of nitrogens with zero attached hydrogens (tertiary/aromatic N) is 12.